The Morgan fingerprint density at radius 2 is 1.93 bits per heavy atom. The van der Waals surface area contributed by atoms with E-state index in [1.165, 1.54) is 0 Å². The molecule has 0 spiro atoms. The molecule has 2 aromatic heterocycles. The van der Waals surface area contributed by atoms with E-state index in [1.807, 2.05) is 54.8 Å². The molecule has 1 amide bonds. The Balaban J connectivity index is 1.46. The molecule has 1 aliphatic rings. The van der Waals surface area contributed by atoms with Crippen molar-refractivity contribution in [1.82, 2.24) is 24.8 Å². The van der Waals surface area contributed by atoms with E-state index in [0.717, 1.165) is 66.7 Å². The predicted molar refractivity (Wildman–Crippen MR) is 112 cm³/mol. The van der Waals surface area contributed by atoms with Crippen LogP contribution in [0, 0.1) is 13.8 Å². The van der Waals surface area contributed by atoms with Crippen LogP contribution in [0.4, 0.5) is 0 Å². The molecule has 1 aromatic carbocycles. The monoisotopic (exact) mass is 393 g/mol. The van der Waals surface area contributed by atoms with Gasteiger partial charge in [0.15, 0.2) is 5.65 Å². The Morgan fingerprint density at radius 1 is 1.17 bits per heavy atom. The maximum absolute atomic E-state index is 12.5. The highest BCUT2D eigenvalue weighted by atomic mass is 16.5. The second-order valence-electron chi connectivity index (χ2n) is 7.41. The molecule has 0 saturated carbocycles. The van der Waals surface area contributed by atoms with E-state index in [1.54, 1.807) is 0 Å². The molecule has 3 heterocycles. The molecule has 1 fully saturated rings. The maximum Gasteiger partial charge on any atom is 0.224 e. The van der Waals surface area contributed by atoms with Crippen LogP contribution in [-0.2, 0) is 16.0 Å². The van der Waals surface area contributed by atoms with Crippen LogP contribution in [0.1, 0.15) is 17.0 Å². The number of nitrogens with zero attached hydrogens (tertiary/aromatic N) is 4. The molecule has 152 valence electrons. The Labute approximate surface area is 170 Å². The van der Waals surface area contributed by atoms with E-state index in [9.17, 15) is 4.79 Å². The van der Waals surface area contributed by atoms with Crippen molar-refractivity contribution in [3.05, 3.63) is 53.3 Å². The molecule has 4 rings (SSSR count). The summed E-state index contributed by atoms with van der Waals surface area (Å²) < 4.78 is 7.19. The van der Waals surface area contributed by atoms with Crippen molar-refractivity contribution in [2.45, 2.75) is 20.3 Å². The second-order valence-corrected chi connectivity index (χ2v) is 7.41. The van der Waals surface area contributed by atoms with Crippen molar-refractivity contribution < 1.29 is 9.53 Å². The molecule has 0 bridgehead atoms. The Kier molecular flexibility index (Phi) is 5.87. The van der Waals surface area contributed by atoms with Gasteiger partial charge in [0.1, 0.15) is 0 Å². The van der Waals surface area contributed by atoms with Gasteiger partial charge in [-0.05, 0) is 13.8 Å². The molecular weight excluding hydrogens is 366 g/mol. The summed E-state index contributed by atoms with van der Waals surface area (Å²) in [6.07, 6.45) is 0.310. The number of hydrogen-bond acceptors (Lipinski definition) is 5. The second kappa shape index (κ2) is 8.71. The zero-order valence-corrected chi connectivity index (χ0v) is 17.0. The summed E-state index contributed by atoms with van der Waals surface area (Å²) in [6, 6.07) is 12.0. The number of fused-ring (bicyclic) bond motifs is 1. The lowest BCUT2D eigenvalue weighted by Crippen LogP contribution is -2.41. The molecule has 0 aliphatic carbocycles. The smallest absolute Gasteiger partial charge is 0.224 e. The van der Waals surface area contributed by atoms with Crippen molar-refractivity contribution >= 4 is 11.6 Å². The van der Waals surface area contributed by atoms with Crippen LogP contribution in [0.3, 0.4) is 0 Å². The van der Waals surface area contributed by atoms with Gasteiger partial charge in [-0.15, -0.1) is 0 Å². The molecule has 0 radical (unpaired) electrons. The highest BCUT2D eigenvalue weighted by Gasteiger charge is 2.16. The number of benzene rings is 1. The van der Waals surface area contributed by atoms with Crippen LogP contribution >= 0.6 is 0 Å². The SMILES string of the molecule is Cc1nc2cc(-c3ccccc3)nn2c(C)c1CC(=O)NCCN1CCOCC1. The number of rotatable bonds is 6. The molecule has 1 N–H and O–H groups in total. The third kappa shape index (κ3) is 4.46. The van der Waals surface area contributed by atoms with Crippen LogP contribution in [0.2, 0.25) is 0 Å². The normalized spacial score (nSPS) is 15.0. The van der Waals surface area contributed by atoms with Crippen LogP contribution < -0.4 is 5.32 Å². The molecule has 1 aliphatic heterocycles. The standard InChI is InChI=1S/C22H27N5O2/c1-16-19(14-22(28)23-8-9-26-10-12-29-13-11-26)17(2)27-21(24-16)15-20(25-27)18-6-4-3-5-7-18/h3-7,15H,8-14H2,1-2H3,(H,23,28). The lowest BCUT2D eigenvalue weighted by atomic mass is 10.1. The number of amides is 1. The van der Waals surface area contributed by atoms with E-state index in [-0.39, 0.29) is 5.91 Å². The molecule has 29 heavy (non-hydrogen) atoms. The van der Waals surface area contributed by atoms with Crippen molar-refractivity contribution in [1.29, 1.82) is 0 Å². The van der Waals surface area contributed by atoms with Gasteiger partial charge in [-0.1, -0.05) is 30.3 Å². The van der Waals surface area contributed by atoms with Crippen LogP contribution in [0.5, 0.6) is 0 Å². The summed E-state index contributed by atoms with van der Waals surface area (Å²) in [5, 5.41) is 7.75. The Hall–Kier alpha value is -2.77. The number of aryl methyl sites for hydroxylation is 2. The minimum absolute atomic E-state index is 0.0149. The molecule has 0 atom stereocenters. The third-order valence-corrected chi connectivity index (χ3v) is 5.42. The van der Waals surface area contributed by atoms with Gasteiger partial charge in [0, 0.05) is 54.8 Å². The van der Waals surface area contributed by atoms with Gasteiger partial charge < -0.3 is 10.1 Å². The summed E-state index contributed by atoms with van der Waals surface area (Å²) in [5.41, 5.74) is 5.50. The van der Waals surface area contributed by atoms with Crippen molar-refractivity contribution in [2.75, 3.05) is 39.4 Å². The molecule has 0 unspecified atom stereocenters. The maximum atomic E-state index is 12.5. The average molecular weight is 393 g/mol. The fourth-order valence-electron chi connectivity index (χ4n) is 3.73. The third-order valence-electron chi connectivity index (χ3n) is 5.42. The van der Waals surface area contributed by atoms with Crippen molar-refractivity contribution in [3.8, 4) is 11.3 Å². The number of hydrogen-bond donors (Lipinski definition) is 1. The van der Waals surface area contributed by atoms with Gasteiger partial charge in [-0.3, -0.25) is 9.69 Å². The van der Waals surface area contributed by atoms with Gasteiger partial charge >= 0.3 is 0 Å². The summed E-state index contributed by atoms with van der Waals surface area (Å²) in [5.74, 6) is 0.0149. The number of morpholine rings is 1. The van der Waals surface area contributed by atoms with Crippen molar-refractivity contribution in [2.24, 2.45) is 0 Å². The number of nitrogens with one attached hydrogen (secondary N) is 1. The first-order valence-corrected chi connectivity index (χ1v) is 10.1. The summed E-state index contributed by atoms with van der Waals surface area (Å²) in [4.78, 5) is 19.5. The molecule has 7 nitrogen and oxygen atoms in total. The van der Waals surface area contributed by atoms with Gasteiger partial charge in [-0.25, -0.2) is 9.50 Å². The fraction of sp³-hybridized carbons (Fsp3) is 0.409. The molecule has 1 saturated heterocycles. The quantitative estimate of drug-likeness (QED) is 0.694. The van der Waals surface area contributed by atoms with Gasteiger partial charge in [0.05, 0.1) is 25.3 Å². The molecule has 3 aromatic rings. The summed E-state index contributed by atoms with van der Waals surface area (Å²) in [7, 11) is 0. The highest BCUT2D eigenvalue weighted by Crippen LogP contribution is 2.22. The number of ether oxygens (including phenoxy) is 1. The first kappa shape index (κ1) is 19.5. The summed E-state index contributed by atoms with van der Waals surface area (Å²) in [6.45, 7) is 8.85. The molecular formula is C22H27N5O2. The number of aromatic nitrogens is 3. The fourth-order valence-corrected chi connectivity index (χ4v) is 3.73. The number of carbonyl (C=O) groups excluding carboxylic acids is 1. The van der Waals surface area contributed by atoms with Gasteiger partial charge in [-0.2, -0.15) is 5.10 Å². The topological polar surface area (TPSA) is 71.8 Å². The lowest BCUT2D eigenvalue weighted by Gasteiger charge is -2.26. The van der Waals surface area contributed by atoms with E-state index in [0.29, 0.717) is 13.0 Å². The number of carbonyl (C=O) groups is 1. The largest absolute Gasteiger partial charge is 0.379 e. The average Bonchev–Trinajstić information content (AvgIpc) is 3.17. The van der Waals surface area contributed by atoms with E-state index < -0.39 is 0 Å². The first-order chi connectivity index (χ1) is 14.1. The zero-order chi connectivity index (χ0) is 20.2. The van der Waals surface area contributed by atoms with Gasteiger partial charge in [0.2, 0.25) is 5.91 Å². The van der Waals surface area contributed by atoms with Crippen LogP contribution in [0.15, 0.2) is 36.4 Å². The lowest BCUT2D eigenvalue weighted by molar-refractivity contribution is -0.120. The Morgan fingerprint density at radius 3 is 2.69 bits per heavy atom. The van der Waals surface area contributed by atoms with Crippen LogP contribution in [0.25, 0.3) is 16.9 Å². The van der Waals surface area contributed by atoms with E-state index in [4.69, 9.17) is 9.84 Å². The first-order valence-electron chi connectivity index (χ1n) is 10.1. The highest BCUT2D eigenvalue weighted by molar-refractivity contribution is 5.79. The predicted octanol–water partition coefficient (Wildman–Crippen LogP) is 2.00. The summed E-state index contributed by atoms with van der Waals surface area (Å²) >= 11 is 0. The minimum atomic E-state index is 0.0149. The zero-order valence-electron chi connectivity index (χ0n) is 17.0. The minimum Gasteiger partial charge on any atom is -0.379 e. The van der Waals surface area contributed by atoms with Crippen LogP contribution in [-0.4, -0.2) is 64.8 Å². The molecule has 7 heteroatoms. The van der Waals surface area contributed by atoms with Gasteiger partial charge in [0.25, 0.3) is 0 Å². The van der Waals surface area contributed by atoms with Crippen molar-refractivity contribution in [3.63, 3.8) is 0 Å². The Bertz CT molecular complexity index is 993. The van der Waals surface area contributed by atoms with E-state index >= 15 is 0 Å². The van der Waals surface area contributed by atoms with E-state index in [2.05, 4.69) is 15.2 Å².